The molecule has 0 aliphatic carbocycles. The number of anilines is 1. The molecule has 100 valence electrons. The molecule has 18 heavy (non-hydrogen) atoms. The molecule has 1 unspecified atom stereocenters. The summed E-state index contributed by atoms with van der Waals surface area (Å²) in [6, 6.07) is 0.258. The van der Waals surface area contributed by atoms with Gasteiger partial charge in [0.1, 0.15) is 6.20 Å². The Morgan fingerprint density at radius 1 is 1.56 bits per heavy atom. The van der Waals surface area contributed by atoms with Crippen LogP contribution in [0.3, 0.4) is 0 Å². The van der Waals surface area contributed by atoms with Crippen molar-refractivity contribution in [2.45, 2.75) is 32.2 Å². The second-order valence-corrected chi connectivity index (χ2v) is 5.68. The molecule has 1 aliphatic rings. The Labute approximate surface area is 110 Å². The largest absolute Gasteiger partial charge is 0.358 e. The fraction of sp³-hybridized carbons (Fsp3) is 0.727. The van der Waals surface area contributed by atoms with Crippen LogP contribution in [0.2, 0.25) is 0 Å². The van der Waals surface area contributed by atoms with E-state index in [1.54, 1.807) is 0 Å². The molecule has 6 nitrogen and oxygen atoms in total. The molecule has 1 aromatic heterocycles. The van der Waals surface area contributed by atoms with Crippen molar-refractivity contribution in [3.8, 4) is 0 Å². The van der Waals surface area contributed by atoms with Gasteiger partial charge < -0.3 is 10.2 Å². The van der Waals surface area contributed by atoms with E-state index in [2.05, 4.69) is 22.1 Å². The number of piperidine rings is 1. The average Bonchev–Trinajstić information content (AvgIpc) is 2.78. The number of aromatic nitrogens is 1. The molecule has 0 amide bonds. The SMILES string of the molecule is CC(CN1CCCCC1)Nc1ncc([N+](=O)[O-])s1. The molecule has 0 saturated carbocycles. The molecule has 0 aromatic carbocycles. The molecular formula is C11H18N4O2S. The van der Waals surface area contributed by atoms with E-state index >= 15 is 0 Å². The highest BCUT2D eigenvalue weighted by Gasteiger charge is 2.16. The van der Waals surface area contributed by atoms with Crippen molar-refractivity contribution < 1.29 is 4.92 Å². The van der Waals surface area contributed by atoms with Gasteiger partial charge in [-0.3, -0.25) is 10.1 Å². The normalized spacial score (nSPS) is 18.5. The van der Waals surface area contributed by atoms with Crippen LogP contribution in [0.25, 0.3) is 0 Å². The molecule has 7 heteroatoms. The van der Waals surface area contributed by atoms with E-state index in [-0.39, 0.29) is 11.0 Å². The predicted octanol–water partition coefficient (Wildman–Crippen LogP) is 2.34. The van der Waals surface area contributed by atoms with Gasteiger partial charge in [-0.2, -0.15) is 0 Å². The van der Waals surface area contributed by atoms with Crippen molar-refractivity contribution in [1.29, 1.82) is 0 Å². The Balaban J connectivity index is 1.82. The number of nitro groups is 1. The maximum atomic E-state index is 10.6. The van der Waals surface area contributed by atoms with E-state index in [1.807, 2.05) is 0 Å². The maximum absolute atomic E-state index is 10.6. The van der Waals surface area contributed by atoms with Gasteiger partial charge in [0.2, 0.25) is 0 Å². The highest BCUT2D eigenvalue weighted by atomic mass is 32.1. The van der Waals surface area contributed by atoms with Crippen molar-refractivity contribution in [2.75, 3.05) is 25.0 Å². The molecule has 0 bridgehead atoms. The van der Waals surface area contributed by atoms with Crippen LogP contribution in [-0.4, -0.2) is 40.5 Å². The molecule has 1 fully saturated rings. The zero-order chi connectivity index (χ0) is 13.0. The molecule has 1 aromatic rings. The van der Waals surface area contributed by atoms with Crippen LogP contribution in [0.5, 0.6) is 0 Å². The van der Waals surface area contributed by atoms with Crippen LogP contribution < -0.4 is 5.32 Å². The van der Waals surface area contributed by atoms with E-state index in [0.29, 0.717) is 5.13 Å². The van der Waals surface area contributed by atoms with Crippen LogP contribution >= 0.6 is 11.3 Å². The lowest BCUT2D eigenvalue weighted by molar-refractivity contribution is -0.380. The van der Waals surface area contributed by atoms with E-state index < -0.39 is 4.92 Å². The third-order valence-corrected chi connectivity index (χ3v) is 3.90. The van der Waals surface area contributed by atoms with Crippen LogP contribution in [-0.2, 0) is 0 Å². The van der Waals surface area contributed by atoms with Crippen LogP contribution in [0.15, 0.2) is 6.20 Å². The molecule has 2 rings (SSSR count). The van der Waals surface area contributed by atoms with Crippen LogP contribution in [0.4, 0.5) is 10.1 Å². The summed E-state index contributed by atoms with van der Waals surface area (Å²) in [4.78, 5) is 16.6. The standard InChI is InChI=1S/C11H18N4O2S/c1-9(8-14-5-3-2-4-6-14)13-11-12-7-10(18-11)15(16)17/h7,9H,2-6,8H2,1H3,(H,12,13). The smallest absolute Gasteiger partial charge is 0.345 e. The summed E-state index contributed by atoms with van der Waals surface area (Å²) in [6.45, 7) is 5.36. The van der Waals surface area contributed by atoms with Gasteiger partial charge in [0.25, 0.3) is 0 Å². The van der Waals surface area contributed by atoms with Crippen molar-refractivity contribution in [2.24, 2.45) is 0 Å². The molecule has 1 atom stereocenters. The summed E-state index contributed by atoms with van der Waals surface area (Å²) in [5.41, 5.74) is 0. The number of hydrogen-bond acceptors (Lipinski definition) is 6. The van der Waals surface area contributed by atoms with E-state index in [1.165, 1.54) is 25.5 Å². The van der Waals surface area contributed by atoms with Gasteiger partial charge >= 0.3 is 5.00 Å². The molecule has 0 radical (unpaired) electrons. The Bertz CT molecular complexity index is 404. The van der Waals surface area contributed by atoms with E-state index in [4.69, 9.17) is 0 Å². The number of likely N-dealkylation sites (tertiary alicyclic amines) is 1. The summed E-state index contributed by atoms with van der Waals surface area (Å²) < 4.78 is 0. The third-order valence-electron chi connectivity index (χ3n) is 3.02. The van der Waals surface area contributed by atoms with Crippen LogP contribution in [0.1, 0.15) is 26.2 Å². The quantitative estimate of drug-likeness (QED) is 0.657. The predicted molar refractivity (Wildman–Crippen MR) is 72.1 cm³/mol. The number of thiazole rings is 1. The monoisotopic (exact) mass is 270 g/mol. The first kappa shape index (κ1) is 13.2. The summed E-state index contributed by atoms with van der Waals surface area (Å²) in [5.74, 6) is 0. The lowest BCUT2D eigenvalue weighted by atomic mass is 10.1. The third kappa shape index (κ3) is 3.64. The first-order valence-electron chi connectivity index (χ1n) is 6.24. The fourth-order valence-corrected chi connectivity index (χ4v) is 2.95. The minimum absolute atomic E-state index is 0.0858. The molecule has 1 N–H and O–H groups in total. The molecule has 1 saturated heterocycles. The fourth-order valence-electron chi connectivity index (χ4n) is 2.20. The molecule has 2 heterocycles. The van der Waals surface area contributed by atoms with Crippen molar-refractivity contribution in [1.82, 2.24) is 9.88 Å². The minimum atomic E-state index is -0.405. The van der Waals surface area contributed by atoms with Gasteiger partial charge in [-0.1, -0.05) is 6.42 Å². The summed E-state index contributed by atoms with van der Waals surface area (Å²) >= 11 is 1.09. The van der Waals surface area contributed by atoms with E-state index in [9.17, 15) is 10.1 Å². The van der Waals surface area contributed by atoms with Gasteiger partial charge in [0.15, 0.2) is 5.13 Å². The number of rotatable bonds is 5. The number of hydrogen-bond donors (Lipinski definition) is 1. The molecule has 0 spiro atoms. The lowest BCUT2D eigenvalue weighted by Gasteiger charge is -2.29. The van der Waals surface area contributed by atoms with Gasteiger partial charge in [-0.25, -0.2) is 4.98 Å². The topological polar surface area (TPSA) is 71.3 Å². The number of nitrogens with zero attached hydrogens (tertiary/aromatic N) is 3. The summed E-state index contributed by atoms with van der Waals surface area (Å²) in [6.07, 6.45) is 5.18. The molecule has 1 aliphatic heterocycles. The van der Waals surface area contributed by atoms with Crippen molar-refractivity contribution in [3.05, 3.63) is 16.3 Å². The van der Waals surface area contributed by atoms with Gasteiger partial charge in [0, 0.05) is 12.6 Å². The Kier molecular flexibility index (Phi) is 4.48. The summed E-state index contributed by atoms with van der Waals surface area (Å²) in [5, 5.41) is 14.5. The van der Waals surface area contributed by atoms with Gasteiger partial charge in [-0.05, 0) is 44.2 Å². The Hall–Kier alpha value is -1.21. The minimum Gasteiger partial charge on any atom is -0.358 e. The highest BCUT2D eigenvalue weighted by molar-refractivity contribution is 7.18. The second kappa shape index (κ2) is 6.10. The van der Waals surface area contributed by atoms with Gasteiger partial charge in [0.05, 0.1) is 4.92 Å². The zero-order valence-electron chi connectivity index (χ0n) is 10.5. The van der Waals surface area contributed by atoms with Gasteiger partial charge in [-0.15, -0.1) is 0 Å². The first-order valence-corrected chi connectivity index (χ1v) is 7.06. The number of nitrogens with one attached hydrogen (secondary N) is 1. The lowest BCUT2D eigenvalue weighted by Crippen LogP contribution is -2.38. The van der Waals surface area contributed by atoms with Crippen molar-refractivity contribution in [3.63, 3.8) is 0 Å². The zero-order valence-corrected chi connectivity index (χ0v) is 11.3. The maximum Gasteiger partial charge on any atom is 0.345 e. The Morgan fingerprint density at radius 3 is 2.89 bits per heavy atom. The van der Waals surface area contributed by atoms with Crippen molar-refractivity contribution >= 4 is 21.5 Å². The summed E-state index contributed by atoms with van der Waals surface area (Å²) in [7, 11) is 0. The molecular weight excluding hydrogens is 252 g/mol. The van der Waals surface area contributed by atoms with Crippen LogP contribution in [0, 0.1) is 10.1 Å². The second-order valence-electron chi connectivity index (χ2n) is 4.67. The van der Waals surface area contributed by atoms with E-state index in [0.717, 1.165) is 31.0 Å². The first-order chi connectivity index (χ1) is 8.65. The average molecular weight is 270 g/mol. The Morgan fingerprint density at radius 2 is 2.28 bits per heavy atom. The highest BCUT2D eigenvalue weighted by Crippen LogP contribution is 2.25.